The number of nitrogens with zero attached hydrogens (tertiary/aromatic N) is 1. The summed E-state index contributed by atoms with van der Waals surface area (Å²) in [5.74, 6) is -1.08. The number of hydrogen-bond acceptors (Lipinski definition) is 4. The van der Waals surface area contributed by atoms with Crippen LogP contribution in [-0.2, 0) is 4.74 Å². The summed E-state index contributed by atoms with van der Waals surface area (Å²) in [6.45, 7) is 6.47. The maximum Gasteiger partial charge on any atom is 0.216 e. The fourth-order valence-electron chi connectivity index (χ4n) is 2.50. The van der Waals surface area contributed by atoms with Gasteiger partial charge in [-0.1, -0.05) is 15.9 Å². The van der Waals surface area contributed by atoms with Crippen LogP contribution in [0.25, 0.3) is 0 Å². The Hall–Kier alpha value is -0.820. The predicted octanol–water partition coefficient (Wildman–Crippen LogP) is 3.18. The molecular formula is C16H21BrFNO3. The zero-order valence-corrected chi connectivity index (χ0v) is 14.6. The third-order valence-corrected chi connectivity index (χ3v) is 4.05. The van der Waals surface area contributed by atoms with Crippen molar-refractivity contribution in [3.63, 3.8) is 0 Å². The second kappa shape index (κ2) is 6.74. The van der Waals surface area contributed by atoms with Crippen LogP contribution in [0.1, 0.15) is 37.6 Å². The highest BCUT2D eigenvalue weighted by atomic mass is 79.9. The van der Waals surface area contributed by atoms with E-state index in [0.717, 1.165) is 0 Å². The first-order valence-electron chi connectivity index (χ1n) is 7.26. The van der Waals surface area contributed by atoms with Crippen LogP contribution < -0.4 is 0 Å². The zero-order chi connectivity index (χ0) is 16.5. The van der Waals surface area contributed by atoms with Crippen molar-refractivity contribution in [2.24, 2.45) is 5.92 Å². The van der Waals surface area contributed by atoms with E-state index in [1.54, 1.807) is 11.0 Å². The number of likely N-dealkylation sites (tertiary alicyclic amines) is 1. The number of rotatable bonds is 4. The van der Waals surface area contributed by atoms with E-state index in [0.29, 0.717) is 24.0 Å². The molecule has 1 aliphatic rings. The molecule has 0 spiro atoms. The molecule has 2 unspecified atom stereocenters. The number of ketones is 1. The summed E-state index contributed by atoms with van der Waals surface area (Å²) in [6.07, 6.45) is -0.466. The molecule has 1 N–H and O–H groups in total. The van der Waals surface area contributed by atoms with Gasteiger partial charge in [0.15, 0.2) is 5.78 Å². The monoisotopic (exact) mass is 373 g/mol. The minimum Gasteiger partial charge on any atom is -0.356 e. The van der Waals surface area contributed by atoms with Crippen LogP contribution in [0.4, 0.5) is 4.39 Å². The van der Waals surface area contributed by atoms with Crippen LogP contribution in [0, 0.1) is 11.7 Å². The lowest BCUT2D eigenvalue weighted by atomic mass is 9.96. The van der Waals surface area contributed by atoms with Gasteiger partial charge in [-0.15, -0.1) is 0 Å². The zero-order valence-electron chi connectivity index (χ0n) is 13.0. The van der Waals surface area contributed by atoms with Crippen molar-refractivity contribution in [2.75, 3.05) is 13.1 Å². The fraction of sp³-hybridized carbons (Fsp3) is 0.562. The smallest absolute Gasteiger partial charge is 0.216 e. The highest BCUT2D eigenvalue weighted by Crippen LogP contribution is 2.26. The fourth-order valence-corrected chi connectivity index (χ4v) is 2.84. The molecule has 1 aromatic rings. The van der Waals surface area contributed by atoms with E-state index in [9.17, 15) is 14.3 Å². The molecule has 122 valence electrons. The van der Waals surface area contributed by atoms with Crippen molar-refractivity contribution in [3.8, 4) is 0 Å². The Morgan fingerprint density at radius 3 is 2.77 bits per heavy atom. The Morgan fingerprint density at radius 2 is 2.18 bits per heavy atom. The van der Waals surface area contributed by atoms with Crippen LogP contribution in [-0.4, -0.2) is 40.9 Å². The SMILES string of the molecule is CC(C)(C)OC(O)N1CCC(C(=O)c2ccc(Br)cc2F)C1. The minimum atomic E-state index is -1.05. The van der Waals surface area contributed by atoms with Gasteiger partial charge < -0.3 is 9.84 Å². The molecule has 0 amide bonds. The molecule has 1 fully saturated rings. The molecule has 0 aliphatic carbocycles. The van der Waals surface area contributed by atoms with Gasteiger partial charge in [-0.25, -0.2) is 4.39 Å². The number of aliphatic hydroxyl groups excluding tert-OH is 1. The maximum absolute atomic E-state index is 13.9. The van der Waals surface area contributed by atoms with E-state index in [4.69, 9.17) is 4.74 Å². The van der Waals surface area contributed by atoms with Crippen molar-refractivity contribution < 1.29 is 19.0 Å². The number of aliphatic hydroxyl groups is 1. The Morgan fingerprint density at radius 1 is 1.50 bits per heavy atom. The van der Waals surface area contributed by atoms with Crippen LogP contribution in [0.5, 0.6) is 0 Å². The molecule has 4 nitrogen and oxygen atoms in total. The number of carbonyl (C=O) groups excluding carboxylic acids is 1. The lowest BCUT2D eigenvalue weighted by Crippen LogP contribution is -2.40. The molecule has 6 heteroatoms. The molecule has 22 heavy (non-hydrogen) atoms. The lowest BCUT2D eigenvalue weighted by Gasteiger charge is -2.29. The molecule has 1 aromatic carbocycles. The number of halogens is 2. The van der Waals surface area contributed by atoms with Gasteiger partial charge in [0, 0.05) is 23.5 Å². The summed E-state index contributed by atoms with van der Waals surface area (Å²) in [6, 6.07) is 4.44. The summed E-state index contributed by atoms with van der Waals surface area (Å²) in [4.78, 5) is 14.1. The van der Waals surface area contributed by atoms with Gasteiger partial charge in [0.1, 0.15) is 5.82 Å². The Balaban J connectivity index is 2.02. The van der Waals surface area contributed by atoms with E-state index < -0.39 is 17.8 Å². The molecule has 0 aromatic heterocycles. The van der Waals surface area contributed by atoms with Gasteiger partial charge in [0.05, 0.1) is 11.2 Å². The van der Waals surface area contributed by atoms with Crippen molar-refractivity contribution in [1.29, 1.82) is 0 Å². The summed E-state index contributed by atoms with van der Waals surface area (Å²) in [7, 11) is 0. The average molecular weight is 374 g/mol. The Kier molecular flexibility index (Phi) is 5.37. The predicted molar refractivity (Wildman–Crippen MR) is 85.0 cm³/mol. The highest BCUT2D eigenvalue weighted by molar-refractivity contribution is 9.10. The van der Waals surface area contributed by atoms with Crippen LogP contribution >= 0.6 is 15.9 Å². The van der Waals surface area contributed by atoms with Gasteiger partial charge in [-0.2, -0.15) is 0 Å². The number of hydrogen-bond donors (Lipinski definition) is 1. The van der Waals surface area contributed by atoms with Crippen molar-refractivity contribution >= 4 is 21.7 Å². The third-order valence-electron chi connectivity index (χ3n) is 3.56. The first-order valence-corrected chi connectivity index (χ1v) is 8.06. The van der Waals surface area contributed by atoms with Gasteiger partial charge in [0.25, 0.3) is 0 Å². The number of benzene rings is 1. The third kappa shape index (κ3) is 4.35. The molecular weight excluding hydrogens is 353 g/mol. The molecule has 0 bridgehead atoms. The minimum absolute atomic E-state index is 0.0984. The van der Waals surface area contributed by atoms with Crippen molar-refractivity contribution in [1.82, 2.24) is 4.90 Å². The number of ether oxygens (including phenoxy) is 1. The van der Waals surface area contributed by atoms with Gasteiger partial charge >= 0.3 is 0 Å². The highest BCUT2D eigenvalue weighted by Gasteiger charge is 2.34. The summed E-state index contributed by atoms with van der Waals surface area (Å²) >= 11 is 3.18. The quantitative estimate of drug-likeness (QED) is 0.650. The molecule has 1 heterocycles. The van der Waals surface area contributed by atoms with Gasteiger partial charge in [-0.3, -0.25) is 9.69 Å². The summed E-state index contributed by atoms with van der Waals surface area (Å²) < 4.78 is 20.0. The molecule has 2 atom stereocenters. The second-order valence-electron chi connectivity index (χ2n) is 6.53. The molecule has 1 saturated heterocycles. The normalized spacial score (nSPS) is 21.1. The first kappa shape index (κ1) is 17.5. The van der Waals surface area contributed by atoms with E-state index in [2.05, 4.69) is 15.9 Å². The molecule has 0 saturated carbocycles. The molecule has 1 aliphatic heterocycles. The molecule has 0 radical (unpaired) electrons. The van der Waals surface area contributed by atoms with E-state index in [1.165, 1.54) is 12.1 Å². The lowest BCUT2D eigenvalue weighted by molar-refractivity contribution is -0.234. The van der Waals surface area contributed by atoms with Crippen molar-refractivity contribution in [2.45, 2.75) is 39.2 Å². The Labute approximate surface area is 138 Å². The van der Waals surface area contributed by atoms with Crippen molar-refractivity contribution in [3.05, 3.63) is 34.1 Å². The maximum atomic E-state index is 13.9. The number of Topliss-reactive ketones (excluding diaryl/α,β-unsaturated/α-hetero) is 1. The van der Waals surface area contributed by atoms with Gasteiger partial charge in [0.2, 0.25) is 6.41 Å². The molecule has 2 rings (SSSR count). The van der Waals surface area contributed by atoms with Gasteiger partial charge in [-0.05, 0) is 45.4 Å². The van der Waals surface area contributed by atoms with Crippen LogP contribution in [0.3, 0.4) is 0 Å². The topological polar surface area (TPSA) is 49.8 Å². The first-order chi connectivity index (χ1) is 10.2. The Bertz CT molecular complexity index is 559. The van der Waals surface area contributed by atoms with Crippen LogP contribution in [0.2, 0.25) is 0 Å². The largest absolute Gasteiger partial charge is 0.356 e. The van der Waals surface area contributed by atoms with Crippen LogP contribution in [0.15, 0.2) is 22.7 Å². The van der Waals surface area contributed by atoms with E-state index in [1.807, 2.05) is 20.8 Å². The summed E-state index contributed by atoms with van der Waals surface area (Å²) in [5.41, 5.74) is -0.374. The second-order valence-corrected chi connectivity index (χ2v) is 7.44. The van der Waals surface area contributed by atoms with E-state index >= 15 is 0 Å². The average Bonchev–Trinajstić information content (AvgIpc) is 2.85. The number of carbonyl (C=O) groups is 1. The van der Waals surface area contributed by atoms with E-state index in [-0.39, 0.29) is 17.3 Å². The standard InChI is InChI=1S/C16H21BrFNO3/c1-16(2,3)22-15(21)19-7-6-10(9-19)14(20)12-5-4-11(17)8-13(12)18/h4-5,8,10,15,21H,6-7,9H2,1-3H3. The summed E-state index contributed by atoms with van der Waals surface area (Å²) in [5, 5.41) is 10.1.